The summed E-state index contributed by atoms with van der Waals surface area (Å²) in [5.74, 6) is -2.04. The summed E-state index contributed by atoms with van der Waals surface area (Å²) < 4.78 is 0. The predicted octanol–water partition coefficient (Wildman–Crippen LogP) is -3.78. The topological polar surface area (TPSA) is 80.3 Å². The van der Waals surface area contributed by atoms with Crippen LogP contribution >= 0.6 is 0 Å². The maximum atomic E-state index is 9.98. The Morgan fingerprint density at radius 3 is 1.29 bits per heavy atom. The van der Waals surface area contributed by atoms with E-state index in [0.717, 1.165) is 19.3 Å². The predicted molar refractivity (Wildman–Crippen MR) is 42.3 cm³/mol. The summed E-state index contributed by atoms with van der Waals surface area (Å²) in [5.41, 5.74) is 0. The summed E-state index contributed by atoms with van der Waals surface area (Å²) in [7, 11) is 0. The number of carbonyl (C=O) groups is 2. The average molecular weight is 209 g/mol. The zero-order chi connectivity index (χ0) is 10.1. The van der Waals surface area contributed by atoms with Crippen LogP contribution in [0.4, 0.5) is 0 Å². The van der Waals surface area contributed by atoms with Gasteiger partial charge in [-0.25, -0.2) is 0 Å². The fourth-order valence-electron chi connectivity index (χ4n) is 1.07. The van der Waals surface area contributed by atoms with E-state index in [-0.39, 0.29) is 42.4 Å². The maximum Gasteiger partial charge on any atom is 1.00 e. The Hall–Kier alpha value is -0.0600. The van der Waals surface area contributed by atoms with Crippen molar-refractivity contribution in [1.29, 1.82) is 0 Å². The summed E-state index contributed by atoms with van der Waals surface area (Å²) in [6, 6.07) is 0. The smallest absolute Gasteiger partial charge is 0.550 e. The van der Waals surface area contributed by atoms with Crippen LogP contribution in [0.2, 0.25) is 0 Å². The van der Waals surface area contributed by atoms with Crippen LogP contribution in [-0.4, -0.2) is 11.9 Å². The van der Waals surface area contributed by atoms with Crippen LogP contribution in [0, 0.1) is 0 Å². The van der Waals surface area contributed by atoms with Crippen LogP contribution in [-0.2, 0) is 9.59 Å². The number of carbonyl (C=O) groups excluding carboxylic acids is 2. The van der Waals surface area contributed by atoms with Crippen LogP contribution in [0.1, 0.15) is 44.9 Å². The van der Waals surface area contributed by atoms with Crippen LogP contribution in [0.3, 0.4) is 0 Å². The van der Waals surface area contributed by atoms with E-state index >= 15 is 0 Å². The Labute approximate surface area is 106 Å². The van der Waals surface area contributed by atoms with Crippen molar-refractivity contribution in [3.63, 3.8) is 0 Å². The number of unbranched alkanes of at least 4 members (excludes halogenated alkanes) is 4. The van der Waals surface area contributed by atoms with Gasteiger partial charge in [0.05, 0.1) is 0 Å². The van der Waals surface area contributed by atoms with Gasteiger partial charge in [-0.15, -0.1) is 0 Å². The van der Waals surface area contributed by atoms with Crippen LogP contribution in [0.25, 0.3) is 0 Å². The molecule has 0 heterocycles. The van der Waals surface area contributed by atoms with E-state index in [2.05, 4.69) is 0 Å². The average Bonchev–Trinajstić information content (AvgIpc) is 2.01. The molecule has 5 heteroatoms. The van der Waals surface area contributed by atoms with E-state index in [1.54, 1.807) is 0 Å². The fraction of sp³-hybridized carbons (Fsp3) is 0.778. The molecule has 4 nitrogen and oxygen atoms in total. The van der Waals surface area contributed by atoms with Gasteiger partial charge < -0.3 is 19.8 Å². The number of hydrogen-bond acceptors (Lipinski definition) is 4. The largest absolute Gasteiger partial charge is 1.00 e. The summed E-state index contributed by atoms with van der Waals surface area (Å²) in [6.45, 7) is 0. The molecule has 0 spiro atoms. The molecule has 0 unspecified atom stereocenters. The third-order valence-electron chi connectivity index (χ3n) is 1.76. The molecule has 0 saturated carbocycles. The monoisotopic (exact) mass is 209 g/mol. The fourth-order valence-corrected chi connectivity index (χ4v) is 1.07. The Bertz CT molecular complexity index is 152. The minimum Gasteiger partial charge on any atom is -0.550 e. The van der Waals surface area contributed by atoms with Gasteiger partial charge in [0.15, 0.2) is 0 Å². The number of aliphatic carboxylic acids is 2. The van der Waals surface area contributed by atoms with Gasteiger partial charge in [0.2, 0.25) is 0 Å². The van der Waals surface area contributed by atoms with Crippen LogP contribution in [0.15, 0.2) is 0 Å². The number of carboxylic acid groups (broad SMARTS) is 2. The van der Waals surface area contributed by atoms with Crippen LogP contribution < -0.4 is 39.8 Å². The molecule has 0 radical (unpaired) electrons. The minimum absolute atomic E-state index is 0. The molecule has 0 aromatic rings. The van der Waals surface area contributed by atoms with Gasteiger partial charge in [0.1, 0.15) is 0 Å². The molecule has 0 aliphatic heterocycles. The van der Waals surface area contributed by atoms with Crippen molar-refractivity contribution in [3.8, 4) is 0 Å². The molecule has 0 saturated heterocycles. The van der Waals surface area contributed by atoms with E-state index in [4.69, 9.17) is 0 Å². The van der Waals surface area contributed by atoms with E-state index in [0.29, 0.717) is 12.8 Å². The molecule has 0 aliphatic carbocycles. The van der Waals surface area contributed by atoms with Gasteiger partial charge in [-0.2, -0.15) is 0 Å². The standard InChI is InChI=1S/C9H16O4.Na/c10-8(11)6-4-2-1-3-5-7-9(12)13;/h1-7H2,(H,10,11)(H,12,13);/q;+1/p-2. The maximum absolute atomic E-state index is 9.98. The van der Waals surface area contributed by atoms with Gasteiger partial charge >= 0.3 is 29.6 Å². The minimum atomic E-state index is -1.02. The normalized spacial score (nSPS) is 9.14. The molecule has 0 bridgehead atoms. The van der Waals surface area contributed by atoms with Gasteiger partial charge in [0.25, 0.3) is 0 Å². The Balaban J connectivity index is 0. The van der Waals surface area contributed by atoms with Crippen LogP contribution in [0.5, 0.6) is 0 Å². The van der Waals surface area contributed by atoms with E-state index in [9.17, 15) is 19.8 Å². The first-order valence-electron chi connectivity index (χ1n) is 4.52. The molecule has 0 aliphatic rings. The second-order valence-corrected chi connectivity index (χ2v) is 3.01. The van der Waals surface area contributed by atoms with E-state index < -0.39 is 11.9 Å². The third kappa shape index (κ3) is 14.5. The van der Waals surface area contributed by atoms with Crippen molar-refractivity contribution in [1.82, 2.24) is 0 Å². The molecule has 0 rings (SSSR count). The first-order valence-corrected chi connectivity index (χ1v) is 4.52. The van der Waals surface area contributed by atoms with Gasteiger partial charge in [0, 0.05) is 11.9 Å². The SMILES string of the molecule is O=C([O-])CCCCCCCC(=O)[O-].[Na+]. The van der Waals surface area contributed by atoms with Crippen molar-refractivity contribution in [2.45, 2.75) is 44.9 Å². The summed E-state index contributed by atoms with van der Waals surface area (Å²) >= 11 is 0. The summed E-state index contributed by atoms with van der Waals surface area (Å²) in [5, 5.41) is 20.0. The molecule has 0 atom stereocenters. The Kier molecular flexibility index (Phi) is 12.9. The Morgan fingerprint density at radius 1 is 0.714 bits per heavy atom. The molecule has 76 valence electrons. The molecule has 0 fully saturated rings. The second-order valence-electron chi connectivity index (χ2n) is 3.01. The zero-order valence-electron chi connectivity index (χ0n) is 8.58. The summed E-state index contributed by atoms with van der Waals surface area (Å²) in [6.07, 6.45) is 3.95. The number of rotatable bonds is 8. The number of carboxylic acids is 2. The number of hydrogen-bond donors (Lipinski definition) is 0. The van der Waals surface area contributed by atoms with E-state index in [1.807, 2.05) is 0 Å². The quantitative estimate of drug-likeness (QED) is 0.303. The van der Waals surface area contributed by atoms with Crippen molar-refractivity contribution in [2.75, 3.05) is 0 Å². The van der Waals surface area contributed by atoms with Crippen molar-refractivity contribution in [2.24, 2.45) is 0 Å². The van der Waals surface area contributed by atoms with Gasteiger partial charge in [-0.1, -0.05) is 19.3 Å². The molecule has 0 amide bonds. The van der Waals surface area contributed by atoms with Gasteiger partial charge in [-0.3, -0.25) is 0 Å². The van der Waals surface area contributed by atoms with Crippen molar-refractivity contribution in [3.05, 3.63) is 0 Å². The molecular weight excluding hydrogens is 195 g/mol. The molecule has 14 heavy (non-hydrogen) atoms. The first-order chi connectivity index (χ1) is 6.13. The first kappa shape index (κ1) is 16.4. The zero-order valence-corrected chi connectivity index (χ0v) is 10.6. The molecule has 0 N–H and O–H groups in total. The summed E-state index contributed by atoms with van der Waals surface area (Å²) in [4.78, 5) is 20.0. The molecule has 0 aromatic carbocycles. The Morgan fingerprint density at radius 2 is 1.00 bits per heavy atom. The van der Waals surface area contributed by atoms with Crippen molar-refractivity contribution >= 4 is 11.9 Å². The van der Waals surface area contributed by atoms with E-state index in [1.165, 1.54) is 0 Å². The third-order valence-corrected chi connectivity index (χ3v) is 1.76. The van der Waals surface area contributed by atoms with Gasteiger partial charge in [-0.05, 0) is 25.7 Å². The molecule has 0 aromatic heterocycles. The van der Waals surface area contributed by atoms with Crippen molar-refractivity contribution < 1.29 is 49.4 Å². The second kappa shape index (κ2) is 11.0. The molecular formula is C9H14NaO4-.